The van der Waals surface area contributed by atoms with Crippen LogP contribution in [0.15, 0.2) is 53.0 Å². The maximum atomic E-state index is 13.2. The van der Waals surface area contributed by atoms with Gasteiger partial charge in [-0.3, -0.25) is 0 Å². The molecule has 0 amide bonds. The number of benzene rings is 2. The maximum absolute atomic E-state index is 13.2. The summed E-state index contributed by atoms with van der Waals surface area (Å²) in [6, 6.07) is 15.1. The Labute approximate surface area is 121 Å². The van der Waals surface area contributed by atoms with Crippen molar-refractivity contribution >= 4 is 15.9 Å². The Bertz CT molecular complexity index is 507. The van der Waals surface area contributed by atoms with Crippen LogP contribution in [0.25, 0.3) is 0 Å². The summed E-state index contributed by atoms with van der Waals surface area (Å²) in [7, 11) is 0. The zero-order chi connectivity index (χ0) is 13.7. The molecule has 0 radical (unpaired) electrons. The van der Waals surface area contributed by atoms with Gasteiger partial charge in [-0.15, -0.1) is 0 Å². The molecule has 100 valence electrons. The lowest BCUT2D eigenvalue weighted by atomic mass is 10.00. The Kier molecular flexibility index (Phi) is 5.11. The molecule has 0 fully saturated rings. The Balaban J connectivity index is 1.86. The first-order chi connectivity index (χ1) is 9.15. The molecule has 0 saturated heterocycles. The summed E-state index contributed by atoms with van der Waals surface area (Å²) in [5, 5.41) is 0. The van der Waals surface area contributed by atoms with E-state index < -0.39 is 0 Å². The van der Waals surface area contributed by atoms with Crippen molar-refractivity contribution in [2.75, 3.05) is 0 Å². The number of nitrogens with two attached hydrogens (primary N) is 1. The quantitative estimate of drug-likeness (QED) is 0.855. The van der Waals surface area contributed by atoms with Crippen LogP contribution in [-0.4, -0.2) is 0 Å². The van der Waals surface area contributed by atoms with E-state index in [4.69, 9.17) is 5.73 Å². The normalized spacial score (nSPS) is 12.4. The Hall–Kier alpha value is -1.19. The highest BCUT2D eigenvalue weighted by molar-refractivity contribution is 9.10. The topological polar surface area (TPSA) is 26.0 Å². The van der Waals surface area contributed by atoms with Crippen LogP contribution in [-0.2, 0) is 6.42 Å². The third-order valence-electron chi connectivity index (χ3n) is 3.13. The molecule has 3 heteroatoms. The molecule has 0 aliphatic heterocycles. The molecule has 2 aromatic carbocycles. The summed E-state index contributed by atoms with van der Waals surface area (Å²) in [5.41, 5.74) is 8.30. The van der Waals surface area contributed by atoms with Crippen molar-refractivity contribution < 1.29 is 4.39 Å². The lowest BCUT2D eigenvalue weighted by Gasteiger charge is -2.11. The zero-order valence-electron chi connectivity index (χ0n) is 10.7. The molecule has 0 bridgehead atoms. The number of aryl methyl sites for hydroxylation is 1. The fourth-order valence-electron chi connectivity index (χ4n) is 2.15. The summed E-state index contributed by atoms with van der Waals surface area (Å²) in [6.07, 6.45) is 2.70. The van der Waals surface area contributed by atoms with Gasteiger partial charge >= 0.3 is 0 Å². The van der Waals surface area contributed by atoms with Crippen molar-refractivity contribution in [1.82, 2.24) is 0 Å². The van der Waals surface area contributed by atoms with E-state index in [2.05, 4.69) is 15.9 Å². The van der Waals surface area contributed by atoms with Crippen molar-refractivity contribution in [3.8, 4) is 0 Å². The predicted molar refractivity (Wildman–Crippen MR) is 80.4 cm³/mol. The van der Waals surface area contributed by atoms with Crippen LogP contribution in [0.1, 0.15) is 30.0 Å². The second-order valence-corrected chi connectivity index (χ2v) is 5.60. The first kappa shape index (κ1) is 14.2. The molecule has 2 rings (SSSR count). The minimum atomic E-state index is -0.197. The molecule has 2 N–H and O–H groups in total. The van der Waals surface area contributed by atoms with Crippen LogP contribution in [0.3, 0.4) is 0 Å². The van der Waals surface area contributed by atoms with Gasteiger partial charge in [-0.25, -0.2) is 4.39 Å². The molecule has 0 aromatic heterocycles. The standard InChI is InChI=1S/C16H17BrFN/c17-14-9-12(10-15(18)11-14)5-4-8-16(19)13-6-2-1-3-7-13/h1-3,6-7,9-11,16H,4-5,8,19H2. The van der Waals surface area contributed by atoms with Gasteiger partial charge in [0.1, 0.15) is 5.82 Å². The third kappa shape index (κ3) is 4.44. The van der Waals surface area contributed by atoms with Crippen molar-refractivity contribution in [1.29, 1.82) is 0 Å². The van der Waals surface area contributed by atoms with E-state index in [9.17, 15) is 4.39 Å². The minimum absolute atomic E-state index is 0.0539. The fraction of sp³-hybridized carbons (Fsp3) is 0.250. The van der Waals surface area contributed by atoms with E-state index in [1.165, 1.54) is 6.07 Å². The summed E-state index contributed by atoms with van der Waals surface area (Å²) >= 11 is 3.31. The molecule has 0 aliphatic rings. The summed E-state index contributed by atoms with van der Waals surface area (Å²) in [5.74, 6) is -0.197. The van der Waals surface area contributed by atoms with Crippen LogP contribution < -0.4 is 5.73 Å². The fourth-order valence-corrected chi connectivity index (χ4v) is 2.66. The summed E-state index contributed by atoms with van der Waals surface area (Å²) in [6.45, 7) is 0. The SMILES string of the molecule is NC(CCCc1cc(F)cc(Br)c1)c1ccccc1. The molecule has 1 atom stereocenters. The van der Waals surface area contributed by atoms with Crippen molar-refractivity contribution in [3.63, 3.8) is 0 Å². The monoisotopic (exact) mass is 321 g/mol. The third-order valence-corrected chi connectivity index (χ3v) is 3.59. The Morgan fingerprint density at radius 3 is 2.53 bits per heavy atom. The van der Waals surface area contributed by atoms with Crippen molar-refractivity contribution in [2.45, 2.75) is 25.3 Å². The lowest BCUT2D eigenvalue weighted by Crippen LogP contribution is -2.10. The lowest BCUT2D eigenvalue weighted by molar-refractivity contribution is 0.603. The van der Waals surface area contributed by atoms with Gasteiger partial charge in [0.2, 0.25) is 0 Å². The first-order valence-electron chi connectivity index (χ1n) is 6.40. The number of hydrogen-bond donors (Lipinski definition) is 1. The summed E-state index contributed by atoms with van der Waals surface area (Å²) in [4.78, 5) is 0. The molecule has 2 aromatic rings. The van der Waals surface area contributed by atoms with Gasteiger partial charge in [-0.1, -0.05) is 46.3 Å². The van der Waals surface area contributed by atoms with E-state index >= 15 is 0 Å². The maximum Gasteiger partial charge on any atom is 0.124 e. The predicted octanol–water partition coefficient (Wildman–Crippen LogP) is 4.61. The average molecular weight is 322 g/mol. The van der Waals surface area contributed by atoms with Crippen LogP contribution in [0.4, 0.5) is 4.39 Å². The van der Waals surface area contributed by atoms with Crippen LogP contribution in [0, 0.1) is 5.82 Å². The second kappa shape index (κ2) is 6.83. The Morgan fingerprint density at radius 1 is 1.11 bits per heavy atom. The molecular weight excluding hydrogens is 305 g/mol. The highest BCUT2D eigenvalue weighted by atomic mass is 79.9. The van der Waals surface area contributed by atoms with Gasteiger partial charge < -0.3 is 5.73 Å². The second-order valence-electron chi connectivity index (χ2n) is 4.69. The molecule has 1 unspecified atom stereocenters. The van der Waals surface area contributed by atoms with Crippen LogP contribution in [0.2, 0.25) is 0 Å². The highest BCUT2D eigenvalue weighted by Crippen LogP contribution is 2.19. The summed E-state index contributed by atoms with van der Waals surface area (Å²) < 4.78 is 14.0. The van der Waals surface area contributed by atoms with Crippen LogP contribution >= 0.6 is 15.9 Å². The van der Waals surface area contributed by atoms with Gasteiger partial charge in [-0.2, -0.15) is 0 Å². The molecule has 0 saturated carbocycles. The largest absolute Gasteiger partial charge is 0.324 e. The van der Waals surface area contributed by atoms with E-state index in [1.807, 2.05) is 36.4 Å². The van der Waals surface area contributed by atoms with Crippen LogP contribution in [0.5, 0.6) is 0 Å². The smallest absolute Gasteiger partial charge is 0.124 e. The van der Waals surface area contributed by atoms with Gasteiger partial charge in [0.05, 0.1) is 0 Å². The molecular formula is C16H17BrFN. The molecule has 0 heterocycles. The Morgan fingerprint density at radius 2 is 1.84 bits per heavy atom. The molecule has 19 heavy (non-hydrogen) atoms. The van der Waals surface area contributed by atoms with Gasteiger partial charge in [-0.05, 0) is 48.6 Å². The van der Waals surface area contributed by atoms with E-state index in [0.29, 0.717) is 0 Å². The number of halogens is 2. The van der Waals surface area contributed by atoms with Gasteiger partial charge in [0.15, 0.2) is 0 Å². The van der Waals surface area contributed by atoms with E-state index in [0.717, 1.165) is 34.9 Å². The van der Waals surface area contributed by atoms with Crippen molar-refractivity contribution in [2.24, 2.45) is 5.73 Å². The number of hydrogen-bond acceptors (Lipinski definition) is 1. The van der Waals surface area contributed by atoms with E-state index in [-0.39, 0.29) is 11.9 Å². The molecule has 0 spiro atoms. The average Bonchev–Trinajstić information content (AvgIpc) is 2.38. The van der Waals surface area contributed by atoms with Crippen molar-refractivity contribution in [3.05, 3.63) is 69.9 Å². The van der Waals surface area contributed by atoms with Gasteiger partial charge in [0, 0.05) is 10.5 Å². The first-order valence-corrected chi connectivity index (χ1v) is 7.20. The molecule has 0 aliphatic carbocycles. The van der Waals surface area contributed by atoms with Gasteiger partial charge in [0.25, 0.3) is 0 Å². The minimum Gasteiger partial charge on any atom is -0.324 e. The molecule has 1 nitrogen and oxygen atoms in total. The highest BCUT2D eigenvalue weighted by Gasteiger charge is 2.05. The number of rotatable bonds is 5. The zero-order valence-corrected chi connectivity index (χ0v) is 12.2. The van der Waals surface area contributed by atoms with E-state index in [1.54, 1.807) is 6.07 Å².